The molecule has 3 heterocycles. The second-order valence-corrected chi connectivity index (χ2v) is 9.21. The lowest BCUT2D eigenvalue weighted by Gasteiger charge is -2.32. The number of likely N-dealkylation sites (tertiary alicyclic amines) is 1. The van der Waals surface area contributed by atoms with Crippen LogP contribution in [-0.4, -0.2) is 48.2 Å². The maximum atomic E-state index is 13.2. The van der Waals surface area contributed by atoms with Crippen molar-refractivity contribution in [1.82, 2.24) is 15.2 Å². The van der Waals surface area contributed by atoms with E-state index in [0.717, 1.165) is 35.5 Å². The number of rotatable bonds is 7. The maximum absolute atomic E-state index is 13.2. The minimum absolute atomic E-state index is 0.0658. The van der Waals surface area contributed by atoms with Crippen LogP contribution in [0.15, 0.2) is 54.6 Å². The van der Waals surface area contributed by atoms with Gasteiger partial charge in [-0.2, -0.15) is 0 Å². The van der Waals surface area contributed by atoms with Crippen molar-refractivity contribution in [3.8, 4) is 17.2 Å². The van der Waals surface area contributed by atoms with E-state index >= 15 is 0 Å². The number of piperidine rings is 1. The number of benzene rings is 2. The Balaban J connectivity index is 1.27. The second kappa shape index (κ2) is 10.9. The molecule has 5 rings (SSSR count). The van der Waals surface area contributed by atoms with E-state index < -0.39 is 0 Å². The third kappa shape index (κ3) is 5.23. The minimum atomic E-state index is -0.163. The molecule has 8 nitrogen and oxygen atoms in total. The summed E-state index contributed by atoms with van der Waals surface area (Å²) in [4.78, 5) is 33.1. The minimum Gasteiger partial charge on any atom is -0.494 e. The Labute approximate surface area is 216 Å². The van der Waals surface area contributed by atoms with Crippen LogP contribution in [-0.2, 0) is 6.54 Å². The van der Waals surface area contributed by atoms with Gasteiger partial charge in [-0.15, -0.1) is 0 Å². The summed E-state index contributed by atoms with van der Waals surface area (Å²) in [5, 5.41) is 3.04. The van der Waals surface area contributed by atoms with E-state index in [1.54, 1.807) is 12.1 Å². The Bertz CT molecular complexity index is 1300. The first-order chi connectivity index (χ1) is 18.0. The molecular formula is C29H31N3O5. The number of aromatic nitrogens is 1. The number of ether oxygens (including phenoxy) is 3. The van der Waals surface area contributed by atoms with Crippen LogP contribution in [0.2, 0.25) is 0 Å². The van der Waals surface area contributed by atoms with Gasteiger partial charge in [-0.05, 0) is 57.0 Å². The summed E-state index contributed by atoms with van der Waals surface area (Å²) in [6.07, 6.45) is 1.45. The molecule has 0 saturated carbocycles. The summed E-state index contributed by atoms with van der Waals surface area (Å²) in [6.45, 7) is 6.07. The van der Waals surface area contributed by atoms with Crippen LogP contribution in [0.3, 0.4) is 0 Å². The van der Waals surface area contributed by atoms with Gasteiger partial charge in [-0.25, -0.2) is 0 Å². The van der Waals surface area contributed by atoms with Gasteiger partial charge >= 0.3 is 0 Å². The lowest BCUT2D eigenvalue weighted by Crippen LogP contribution is -2.38. The van der Waals surface area contributed by atoms with Gasteiger partial charge < -0.3 is 24.4 Å². The first kappa shape index (κ1) is 24.6. The number of carbonyl (C=O) groups excluding carboxylic acids is 2. The monoisotopic (exact) mass is 501 g/mol. The highest BCUT2D eigenvalue weighted by Gasteiger charge is 2.31. The number of para-hydroxylation sites is 2. The Kier molecular flexibility index (Phi) is 7.25. The molecule has 1 N–H and O–H groups in total. The van der Waals surface area contributed by atoms with E-state index in [9.17, 15) is 9.59 Å². The first-order valence-electron chi connectivity index (χ1n) is 12.7. The standard InChI is InChI=1S/C29H31N3O5/c1-3-35-24-9-5-4-7-21(24)17-30-28(33)22-12-11-19(2)31-26(22)20-13-15-32(16-14-20)29(34)23-8-6-10-25-27(23)37-18-36-25/h4-12,20H,3,13-18H2,1-2H3,(H,30,33). The highest BCUT2D eigenvalue weighted by atomic mass is 16.7. The molecule has 0 aliphatic carbocycles. The highest BCUT2D eigenvalue weighted by molar-refractivity contribution is 5.98. The maximum Gasteiger partial charge on any atom is 0.257 e. The first-order valence-corrected chi connectivity index (χ1v) is 12.7. The van der Waals surface area contributed by atoms with Crippen molar-refractivity contribution in [2.45, 2.75) is 39.2 Å². The molecule has 0 bridgehead atoms. The number of aryl methyl sites for hydroxylation is 1. The summed E-state index contributed by atoms with van der Waals surface area (Å²) in [5.41, 5.74) is 3.68. The highest BCUT2D eigenvalue weighted by Crippen LogP contribution is 2.37. The molecule has 8 heteroatoms. The molecule has 3 aromatic rings. The van der Waals surface area contributed by atoms with Crippen LogP contribution in [0.1, 0.15) is 63.4 Å². The van der Waals surface area contributed by atoms with Crippen LogP contribution in [0.5, 0.6) is 17.2 Å². The number of carbonyl (C=O) groups is 2. The van der Waals surface area contributed by atoms with Crippen LogP contribution in [0.25, 0.3) is 0 Å². The van der Waals surface area contributed by atoms with Crippen molar-refractivity contribution in [2.75, 3.05) is 26.5 Å². The number of hydrogen-bond acceptors (Lipinski definition) is 6. The molecule has 2 aliphatic rings. The molecule has 1 saturated heterocycles. The van der Waals surface area contributed by atoms with Crippen molar-refractivity contribution in [2.24, 2.45) is 0 Å². The van der Waals surface area contributed by atoms with E-state index in [1.807, 2.05) is 61.2 Å². The molecule has 2 aliphatic heterocycles. The normalized spacial score (nSPS) is 14.9. The molecule has 0 atom stereocenters. The predicted octanol–water partition coefficient (Wildman–Crippen LogP) is 4.47. The molecule has 0 radical (unpaired) electrons. The Morgan fingerprint density at radius 3 is 2.65 bits per heavy atom. The number of nitrogens with zero attached hydrogens (tertiary/aromatic N) is 2. The average molecular weight is 502 g/mol. The van der Waals surface area contributed by atoms with Gasteiger partial charge in [0.05, 0.1) is 23.4 Å². The van der Waals surface area contributed by atoms with Crippen LogP contribution in [0.4, 0.5) is 0 Å². The molecule has 0 unspecified atom stereocenters. The van der Waals surface area contributed by atoms with Crippen molar-refractivity contribution >= 4 is 11.8 Å². The number of amides is 2. The van der Waals surface area contributed by atoms with Crippen molar-refractivity contribution in [3.63, 3.8) is 0 Å². The fraction of sp³-hybridized carbons (Fsp3) is 0.345. The van der Waals surface area contributed by atoms with E-state index in [1.165, 1.54) is 0 Å². The fourth-order valence-electron chi connectivity index (χ4n) is 4.92. The van der Waals surface area contributed by atoms with Gasteiger partial charge in [-0.3, -0.25) is 14.6 Å². The lowest BCUT2D eigenvalue weighted by atomic mass is 9.89. The second-order valence-electron chi connectivity index (χ2n) is 9.21. The van der Waals surface area contributed by atoms with Crippen LogP contribution in [0, 0.1) is 6.92 Å². The van der Waals surface area contributed by atoms with E-state index in [2.05, 4.69) is 5.32 Å². The van der Waals surface area contributed by atoms with E-state index in [4.69, 9.17) is 19.2 Å². The summed E-state index contributed by atoms with van der Waals surface area (Å²) in [7, 11) is 0. The van der Waals surface area contributed by atoms with E-state index in [0.29, 0.717) is 48.9 Å². The summed E-state index contributed by atoms with van der Waals surface area (Å²) in [6, 6.07) is 16.8. The lowest BCUT2D eigenvalue weighted by molar-refractivity contribution is 0.0706. The zero-order valence-corrected chi connectivity index (χ0v) is 21.2. The number of hydrogen-bond donors (Lipinski definition) is 1. The molecule has 2 aromatic carbocycles. The average Bonchev–Trinajstić information content (AvgIpc) is 3.41. The topological polar surface area (TPSA) is 90.0 Å². The smallest absolute Gasteiger partial charge is 0.257 e. The molecule has 0 spiro atoms. The molecule has 192 valence electrons. The van der Waals surface area contributed by atoms with Gasteiger partial charge in [0.2, 0.25) is 6.79 Å². The largest absolute Gasteiger partial charge is 0.494 e. The third-order valence-electron chi connectivity index (χ3n) is 6.82. The van der Waals surface area contributed by atoms with Crippen LogP contribution < -0.4 is 19.5 Å². The van der Waals surface area contributed by atoms with Gasteiger partial charge in [0.25, 0.3) is 11.8 Å². The SMILES string of the molecule is CCOc1ccccc1CNC(=O)c1ccc(C)nc1C1CCN(C(=O)c2cccc3c2OCO3)CC1. The third-order valence-corrected chi connectivity index (χ3v) is 6.82. The van der Waals surface area contributed by atoms with Gasteiger partial charge in [-0.1, -0.05) is 24.3 Å². The van der Waals surface area contributed by atoms with Crippen LogP contribution >= 0.6 is 0 Å². The quantitative estimate of drug-likeness (QED) is 0.514. The number of fused-ring (bicyclic) bond motifs is 1. The summed E-state index contributed by atoms with van der Waals surface area (Å²) >= 11 is 0. The van der Waals surface area contributed by atoms with Gasteiger partial charge in [0, 0.05) is 36.8 Å². The van der Waals surface area contributed by atoms with Crippen molar-refractivity contribution < 1.29 is 23.8 Å². The number of pyridine rings is 1. The Morgan fingerprint density at radius 1 is 1.03 bits per heavy atom. The fourth-order valence-corrected chi connectivity index (χ4v) is 4.92. The molecule has 2 amide bonds. The van der Waals surface area contributed by atoms with E-state index in [-0.39, 0.29) is 24.5 Å². The van der Waals surface area contributed by atoms with Gasteiger partial charge in [0.15, 0.2) is 11.5 Å². The number of nitrogens with one attached hydrogen (secondary N) is 1. The van der Waals surface area contributed by atoms with Crippen molar-refractivity contribution in [1.29, 1.82) is 0 Å². The van der Waals surface area contributed by atoms with Gasteiger partial charge in [0.1, 0.15) is 5.75 Å². The predicted molar refractivity (Wildman–Crippen MR) is 138 cm³/mol. The zero-order valence-electron chi connectivity index (χ0n) is 21.2. The summed E-state index contributed by atoms with van der Waals surface area (Å²) in [5.74, 6) is 1.74. The van der Waals surface area contributed by atoms with Crippen molar-refractivity contribution in [3.05, 3.63) is 82.7 Å². The molecule has 1 aromatic heterocycles. The Morgan fingerprint density at radius 2 is 1.84 bits per heavy atom. The molecule has 1 fully saturated rings. The molecular weight excluding hydrogens is 470 g/mol. The summed E-state index contributed by atoms with van der Waals surface area (Å²) < 4.78 is 16.6. The molecule has 37 heavy (non-hydrogen) atoms. The Hall–Kier alpha value is -4.07. The zero-order chi connectivity index (χ0) is 25.8.